The smallest absolute Gasteiger partial charge is 0.419 e. The predicted octanol–water partition coefficient (Wildman–Crippen LogP) is 0.942. The Morgan fingerprint density at radius 1 is 1.53 bits per heavy atom. The van der Waals surface area contributed by atoms with Crippen LogP contribution in [0.2, 0.25) is 0 Å². The van der Waals surface area contributed by atoms with Crippen molar-refractivity contribution in [3.63, 3.8) is 0 Å². The van der Waals surface area contributed by atoms with Gasteiger partial charge in [-0.2, -0.15) is 0 Å². The van der Waals surface area contributed by atoms with E-state index in [-0.39, 0.29) is 0 Å². The summed E-state index contributed by atoms with van der Waals surface area (Å²) < 4.78 is 6.46. The molecule has 2 N–H and O–H groups in total. The predicted molar refractivity (Wildman–Crippen MR) is 61.2 cm³/mol. The highest BCUT2D eigenvalue weighted by molar-refractivity contribution is 5.73. The Balaban J connectivity index is 2.20. The maximum Gasteiger partial charge on any atom is 0.419 e. The van der Waals surface area contributed by atoms with Gasteiger partial charge in [0.15, 0.2) is 5.58 Å². The van der Waals surface area contributed by atoms with Crippen LogP contribution in [0.1, 0.15) is 5.56 Å². The third-order valence-electron chi connectivity index (χ3n) is 2.55. The minimum absolute atomic E-state index is 0.331. The summed E-state index contributed by atoms with van der Waals surface area (Å²) in [6, 6.07) is 5.39. The van der Waals surface area contributed by atoms with Crippen LogP contribution in [0, 0.1) is 0 Å². The summed E-state index contributed by atoms with van der Waals surface area (Å²) in [5.41, 5.74) is 2.16. The van der Waals surface area contributed by atoms with E-state index in [4.69, 9.17) is 9.52 Å². The highest BCUT2D eigenvalue weighted by Crippen LogP contribution is 2.14. The van der Waals surface area contributed by atoms with Crippen molar-refractivity contribution in [3.05, 3.63) is 34.3 Å². The first-order valence-corrected chi connectivity index (χ1v) is 5.13. The minimum Gasteiger partial charge on any atom is -0.465 e. The lowest BCUT2D eigenvalue weighted by molar-refractivity contribution is 0.194. The quantitative estimate of drug-likeness (QED) is 0.830. The van der Waals surface area contributed by atoms with Crippen LogP contribution in [0.15, 0.2) is 27.4 Å². The molecule has 0 fully saturated rings. The van der Waals surface area contributed by atoms with Crippen LogP contribution in [0.5, 0.6) is 0 Å². The number of nitrogens with zero attached hydrogens (tertiary/aromatic N) is 1. The molecule has 0 saturated heterocycles. The normalized spacial score (nSPS) is 10.6. The summed E-state index contributed by atoms with van der Waals surface area (Å²) in [5, 5.41) is 10.7. The van der Waals surface area contributed by atoms with Crippen molar-refractivity contribution in [1.82, 2.24) is 9.88 Å². The number of carbonyl (C=O) groups is 1. The molecule has 6 heteroatoms. The number of nitrogens with one attached hydrogen (secondary N) is 1. The Morgan fingerprint density at radius 3 is 3.00 bits per heavy atom. The van der Waals surface area contributed by atoms with Gasteiger partial charge >= 0.3 is 11.8 Å². The van der Waals surface area contributed by atoms with Crippen LogP contribution in [0.25, 0.3) is 11.1 Å². The third-order valence-corrected chi connectivity index (χ3v) is 2.55. The zero-order valence-electron chi connectivity index (χ0n) is 9.27. The van der Waals surface area contributed by atoms with Crippen molar-refractivity contribution >= 4 is 17.2 Å². The fourth-order valence-corrected chi connectivity index (χ4v) is 1.65. The Hall–Kier alpha value is -2.24. The summed E-state index contributed by atoms with van der Waals surface area (Å²) in [7, 11) is 1.64. The van der Waals surface area contributed by atoms with Crippen LogP contribution >= 0.6 is 0 Å². The highest BCUT2D eigenvalue weighted by atomic mass is 16.4. The van der Waals surface area contributed by atoms with E-state index in [0.29, 0.717) is 18.5 Å². The number of benzene rings is 1. The lowest BCUT2D eigenvalue weighted by Crippen LogP contribution is -2.23. The van der Waals surface area contributed by atoms with Gasteiger partial charge in [0.1, 0.15) is 0 Å². The fourth-order valence-electron chi connectivity index (χ4n) is 1.65. The van der Waals surface area contributed by atoms with Gasteiger partial charge in [-0.05, 0) is 24.1 Å². The van der Waals surface area contributed by atoms with Gasteiger partial charge in [0.2, 0.25) is 0 Å². The van der Waals surface area contributed by atoms with E-state index >= 15 is 0 Å². The van der Waals surface area contributed by atoms with Gasteiger partial charge in [0.05, 0.1) is 5.52 Å². The molecule has 0 bridgehead atoms. The number of fused-ring (bicyclic) bond motifs is 1. The van der Waals surface area contributed by atoms with E-state index in [9.17, 15) is 9.59 Å². The van der Waals surface area contributed by atoms with Gasteiger partial charge < -0.3 is 14.8 Å². The number of oxazole rings is 1. The molecule has 0 atom stereocenters. The average molecular weight is 236 g/mol. The molecule has 0 aliphatic heterocycles. The molecule has 1 aromatic heterocycles. The average Bonchev–Trinajstić information content (AvgIpc) is 2.54. The molecule has 1 aromatic carbocycles. The van der Waals surface area contributed by atoms with E-state index in [1.807, 2.05) is 6.07 Å². The fraction of sp³-hybridized carbons (Fsp3) is 0.273. The SMILES string of the molecule is Cn1c(=O)oc2cc(CCNC(=O)O)ccc21. The number of hydrogen-bond donors (Lipinski definition) is 2. The molecular formula is C11H12N2O4. The zero-order chi connectivity index (χ0) is 12.4. The molecule has 0 unspecified atom stereocenters. The molecule has 1 amide bonds. The zero-order valence-corrected chi connectivity index (χ0v) is 9.27. The van der Waals surface area contributed by atoms with E-state index in [2.05, 4.69) is 5.32 Å². The van der Waals surface area contributed by atoms with Crippen molar-refractivity contribution < 1.29 is 14.3 Å². The standard InChI is InChI=1S/C11H12N2O4/c1-13-8-3-2-7(4-5-12-10(14)15)6-9(8)17-11(13)16/h2-3,6,12H,4-5H2,1H3,(H,14,15). The molecule has 0 saturated carbocycles. The van der Waals surface area contributed by atoms with Crippen molar-refractivity contribution in [2.75, 3.05) is 6.54 Å². The molecule has 2 aromatic rings. The molecule has 0 spiro atoms. The van der Waals surface area contributed by atoms with Crippen LogP contribution in [0.3, 0.4) is 0 Å². The lowest BCUT2D eigenvalue weighted by atomic mass is 10.1. The Labute approximate surface area is 96.5 Å². The number of amides is 1. The second kappa shape index (κ2) is 4.32. The van der Waals surface area contributed by atoms with Crippen LogP contribution in [-0.2, 0) is 13.5 Å². The van der Waals surface area contributed by atoms with Gasteiger partial charge in [-0.1, -0.05) is 6.07 Å². The molecule has 2 rings (SSSR count). The highest BCUT2D eigenvalue weighted by Gasteiger charge is 2.06. The molecule has 0 aliphatic rings. The molecule has 0 radical (unpaired) electrons. The Morgan fingerprint density at radius 2 is 2.29 bits per heavy atom. The number of rotatable bonds is 3. The summed E-state index contributed by atoms with van der Waals surface area (Å²) >= 11 is 0. The Kier molecular flexibility index (Phi) is 2.86. The first kappa shape index (κ1) is 11.3. The number of hydrogen-bond acceptors (Lipinski definition) is 3. The first-order valence-electron chi connectivity index (χ1n) is 5.13. The summed E-state index contributed by atoms with van der Waals surface area (Å²) in [6.07, 6.45) is -0.488. The van der Waals surface area contributed by atoms with E-state index in [0.717, 1.165) is 11.1 Å². The third kappa shape index (κ3) is 2.30. The van der Waals surface area contributed by atoms with Crippen LogP contribution in [-0.4, -0.2) is 22.3 Å². The molecule has 6 nitrogen and oxygen atoms in total. The van der Waals surface area contributed by atoms with E-state index in [1.165, 1.54) is 4.57 Å². The number of aromatic nitrogens is 1. The van der Waals surface area contributed by atoms with Crippen LogP contribution < -0.4 is 11.1 Å². The molecule has 17 heavy (non-hydrogen) atoms. The van der Waals surface area contributed by atoms with Crippen molar-refractivity contribution in [2.45, 2.75) is 6.42 Å². The van der Waals surface area contributed by atoms with Crippen LogP contribution in [0.4, 0.5) is 4.79 Å². The largest absolute Gasteiger partial charge is 0.465 e. The van der Waals surface area contributed by atoms with Crippen molar-refractivity contribution in [3.8, 4) is 0 Å². The summed E-state index contributed by atoms with van der Waals surface area (Å²) in [6.45, 7) is 0.331. The van der Waals surface area contributed by atoms with E-state index in [1.54, 1.807) is 19.2 Å². The first-order chi connectivity index (χ1) is 8.08. The van der Waals surface area contributed by atoms with Gasteiger partial charge in [0.25, 0.3) is 0 Å². The summed E-state index contributed by atoms with van der Waals surface area (Å²) in [4.78, 5) is 21.5. The molecule has 1 heterocycles. The summed E-state index contributed by atoms with van der Waals surface area (Å²) in [5.74, 6) is -0.402. The van der Waals surface area contributed by atoms with Gasteiger partial charge in [-0.15, -0.1) is 0 Å². The van der Waals surface area contributed by atoms with Gasteiger partial charge in [-0.3, -0.25) is 4.57 Å². The number of carboxylic acid groups (broad SMARTS) is 1. The maximum absolute atomic E-state index is 11.3. The van der Waals surface area contributed by atoms with Gasteiger partial charge in [0, 0.05) is 13.6 Å². The monoisotopic (exact) mass is 236 g/mol. The molecular weight excluding hydrogens is 224 g/mol. The Bertz CT molecular complexity index is 611. The number of aryl methyl sites for hydroxylation is 1. The lowest BCUT2D eigenvalue weighted by Gasteiger charge is -2.01. The van der Waals surface area contributed by atoms with Gasteiger partial charge in [-0.25, -0.2) is 9.59 Å². The molecule has 0 aliphatic carbocycles. The minimum atomic E-state index is -1.04. The van der Waals surface area contributed by atoms with E-state index < -0.39 is 11.8 Å². The maximum atomic E-state index is 11.3. The second-order valence-electron chi connectivity index (χ2n) is 3.71. The van der Waals surface area contributed by atoms with Crippen molar-refractivity contribution in [2.24, 2.45) is 7.05 Å². The second-order valence-corrected chi connectivity index (χ2v) is 3.71. The van der Waals surface area contributed by atoms with Crippen molar-refractivity contribution in [1.29, 1.82) is 0 Å². The topological polar surface area (TPSA) is 84.5 Å². The molecule has 90 valence electrons.